The molecule has 438 valence electrons. The number of ether oxygens (including phenoxy) is 3. The third-order valence-corrected chi connectivity index (χ3v) is 12.1. The van der Waals surface area contributed by atoms with Gasteiger partial charge in [-0.1, -0.05) is 254 Å². The van der Waals surface area contributed by atoms with E-state index in [1.807, 2.05) is 12.2 Å². The molecule has 0 bridgehead atoms. The highest BCUT2D eigenvalue weighted by atomic mass is 16.6. The largest absolute Gasteiger partial charge is 0.462 e. The van der Waals surface area contributed by atoms with Crippen molar-refractivity contribution in [3.63, 3.8) is 0 Å². The van der Waals surface area contributed by atoms with E-state index in [4.69, 9.17) is 14.2 Å². The molecule has 1 unspecified atom stereocenters. The van der Waals surface area contributed by atoms with Crippen LogP contribution in [0.25, 0.3) is 0 Å². The van der Waals surface area contributed by atoms with Crippen LogP contribution in [-0.2, 0) is 28.6 Å². The fourth-order valence-corrected chi connectivity index (χ4v) is 7.58. The van der Waals surface area contributed by atoms with Crippen LogP contribution in [0.5, 0.6) is 0 Å². The van der Waals surface area contributed by atoms with Gasteiger partial charge in [-0.05, 0) is 148 Å². The second kappa shape index (κ2) is 64.8. The number of allylic oxidation sites excluding steroid dienone is 32. The number of carbonyl (C=O) groups excluding carboxylic acids is 3. The van der Waals surface area contributed by atoms with Crippen molar-refractivity contribution in [1.82, 2.24) is 0 Å². The van der Waals surface area contributed by atoms with Crippen LogP contribution in [0.4, 0.5) is 0 Å². The van der Waals surface area contributed by atoms with Crippen molar-refractivity contribution >= 4 is 17.9 Å². The van der Waals surface area contributed by atoms with Gasteiger partial charge >= 0.3 is 17.9 Å². The van der Waals surface area contributed by atoms with E-state index in [1.165, 1.54) is 12.8 Å². The highest BCUT2D eigenvalue weighted by Crippen LogP contribution is 2.13. The molecule has 0 aromatic carbocycles. The fourth-order valence-electron chi connectivity index (χ4n) is 7.58. The maximum atomic E-state index is 12.9. The fraction of sp³-hybridized carbons (Fsp3) is 0.521. The Morgan fingerprint density at radius 1 is 0.253 bits per heavy atom. The van der Waals surface area contributed by atoms with Gasteiger partial charge in [0.2, 0.25) is 0 Å². The van der Waals surface area contributed by atoms with E-state index in [2.05, 4.69) is 203 Å². The molecule has 0 aliphatic heterocycles. The Morgan fingerprint density at radius 3 is 0.785 bits per heavy atom. The molecule has 0 spiro atoms. The van der Waals surface area contributed by atoms with Gasteiger partial charge < -0.3 is 14.2 Å². The smallest absolute Gasteiger partial charge is 0.306 e. The molecule has 1 atom stereocenters. The molecular weight excluding hydrogens is 973 g/mol. The highest BCUT2D eigenvalue weighted by Gasteiger charge is 2.19. The second-order valence-electron chi connectivity index (χ2n) is 19.5. The number of hydrogen-bond acceptors (Lipinski definition) is 6. The monoisotopic (exact) mass is 1080 g/mol. The average Bonchev–Trinajstić information content (AvgIpc) is 3.45. The van der Waals surface area contributed by atoms with E-state index < -0.39 is 6.10 Å². The van der Waals surface area contributed by atoms with E-state index in [-0.39, 0.29) is 44.0 Å². The summed E-state index contributed by atoms with van der Waals surface area (Å²) in [5.74, 6) is -1.06. The van der Waals surface area contributed by atoms with Crippen molar-refractivity contribution in [3.05, 3.63) is 194 Å². The van der Waals surface area contributed by atoms with Gasteiger partial charge in [0.1, 0.15) is 13.2 Å². The zero-order chi connectivity index (χ0) is 57.1. The average molecular weight is 1080 g/mol. The standard InChI is InChI=1S/C73H110O6/c1-4-7-10-13-16-19-22-25-27-29-31-32-33-34-35-36-37-38-39-40-42-43-45-48-51-54-57-60-63-66-72(75)78-69-70(68-77-71(74)65-62-59-56-53-50-47-24-21-18-15-12-9-6-3)79-73(76)67-64-61-58-55-52-49-46-44-41-30-28-26-23-20-17-14-11-8-5-2/h7-12,16-21,25-28,31-32,34-35,37-38,40-42,44-45,47-48,50,56,59,70H,4-6,13-15,22-24,29-30,33,36,39,43,46,49,51-55,57-58,60-69H2,1-3H3/b10-7-,11-8-,12-9-,19-16-,20-17-,21-18-,27-25-,28-26-,32-31-,35-34-,38-37-,42-40-,44-41-,48-45-,50-47-,59-56-. The molecule has 0 aliphatic rings. The first-order valence-corrected chi connectivity index (χ1v) is 30.9. The predicted molar refractivity (Wildman–Crippen MR) is 343 cm³/mol. The first kappa shape index (κ1) is 73.2. The molecule has 0 saturated carbocycles. The van der Waals surface area contributed by atoms with Crippen LogP contribution in [0.15, 0.2) is 194 Å². The molecule has 0 amide bonds. The topological polar surface area (TPSA) is 78.9 Å². The van der Waals surface area contributed by atoms with E-state index in [9.17, 15) is 14.4 Å². The summed E-state index contributed by atoms with van der Waals surface area (Å²) in [6.45, 7) is 6.18. The summed E-state index contributed by atoms with van der Waals surface area (Å²) in [5.41, 5.74) is 0. The molecule has 0 aromatic rings. The third-order valence-electron chi connectivity index (χ3n) is 12.1. The van der Waals surface area contributed by atoms with Crippen molar-refractivity contribution in [1.29, 1.82) is 0 Å². The molecular formula is C73H110O6. The van der Waals surface area contributed by atoms with Crippen molar-refractivity contribution < 1.29 is 28.6 Å². The number of rotatable bonds is 53. The molecule has 6 nitrogen and oxygen atoms in total. The summed E-state index contributed by atoms with van der Waals surface area (Å²) in [6.07, 6.45) is 98.7. The lowest BCUT2D eigenvalue weighted by Crippen LogP contribution is -2.30. The van der Waals surface area contributed by atoms with Crippen molar-refractivity contribution in [2.45, 2.75) is 232 Å². The van der Waals surface area contributed by atoms with Crippen molar-refractivity contribution in [2.24, 2.45) is 0 Å². The lowest BCUT2D eigenvalue weighted by molar-refractivity contribution is -0.166. The Bertz CT molecular complexity index is 1920. The summed E-state index contributed by atoms with van der Waals surface area (Å²) in [6, 6.07) is 0. The quantitative estimate of drug-likeness (QED) is 0.0261. The zero-order valence-electron chi connectivity index (χ0n) is 50.0. The molecule has 0 saturated heterocycles. The van der Waals surface area contributed by atoms with Gasteiger partial charge in [-0.3, -0.25) is 14.4 Å². The Morgan fingerprint density at radius 2 is 0.481 bits per heavy atom. The number of esters is 3. The molecule has 79 heavy (non-hydrogen) atoms. The van der Waals surface area contributed by atoms with Crippen LogP contribution in [0, 0.1) is 0 Å². The Hall–Kier alpha value is -5.75. The first-order valence-electron chi connectivity index (χ1n) is 30.9. The predicted octanol–water partition coefficient (Wildman–Crippen LogP) is 21.4. The van der Waals surface area contributed by atoms with Gasteiger partial charge in [-0.15, -0.1) is 0 Å². The van der Waals surface area contributed by atoms with Crippen LogP contribution in [0.1, 0.15) is 226 Å². The molecule has 0 radical (unpaired) electrons. The van der Waals surface area contributed by atoms with E-state index in [0.717, 1.165) is 167 Å². The van der Waals surface area contributed by atoms with Gasteiger partial charge in [0.15, 0.2) is 6.10 Å². The van der Waals surface area contributed by atoms with Crippen LogP contribution >= 0.6 is 0 Å². The summed E-state index contributed by atoms with van der Waals surface area (Å²) in [7, 11) is 0. The molecule has 0 rings (SSSR count). The minimum atomic E-state index is -0.838. The van der Waals surface area contributed by atoms with Gasteiger partial charge in [0, 0.05) is 19.3 Å². The number of hydrogen-bond donors (Lipinski definition) is 0. The minimum Gasteiger partial charge on any atom is -0.462 e. The highest BCUT2D eigenvalue weighted by molar-refractivity contribution is 5.71. The zero-order valence-corrected chi connectivity index (χ0v) is 50.0. The SMILES string of the molecule is CC/C=C\C/C=C\C/C=C\C/C=C\C/C=C\C/C=C\C/C=C\C/C=C\CCCCCCC(=O)OCC(COC(=O)CC/C=C\C/C=C\C/C=C\C/C=C\CC)OC(=O)CCCCCCCC/C=C\C/C=C\C/C=C\C/C=C\CC. The summed E-state index contributed by atoms with van der Waals surface area (Å²) >= 11 is 0. The summed E-state index contributed by atoms with van der Waals surface area (Å²) < 4.78 is 16.8. The van der Waals surface area contributed by atoms with Crippen LogP contribution < -0.4 is 0 Å². The molecule has 6 heteroatoms. The minimum absolute atomic E-state index is 0.130. The molecule has 0 aliphatic carbocycles. The maximum absolute atomic E-state index is 12.9. The van der Waals surface area contributed by atoms with Crippen LogP contribution in [0.2, 0.25) is 0 Å². The van der Waals surface area contributed by atoms with Gasteiger partial charge in [-0.2, -0.15) is 0 Å². The van der Waals surface area contributed by atoms with E-state index >= 15 is 0 Å². The number of carbonyl (C=O) groups is 3. The Kier molecular flexibility index (Phi) is 60.1. The summed E-state index contributed by atoms with van der Waals surface area (Å²) in [4.78, 5) is 38.2. The molecule has 0 fully saturated rings. The molecule has 0 heterocycles. The van der Waals surface area contributed by atoms with Crippen molar-refractivity contribution in [2.75, 3.05) is 13.2 Å². The molecule has 0 aromatic heterocycles. The third kappa shape index (κ3) is 63.0. The van der Waals surface area contributed by atoms with E-state index in [1.54, 1.807) is 0 Å². The van der Waals surface area contributed by atoms with E-state index in [0.29, 0.717) is 12.8 Å². The van der Waals surface area contributed by atoms with Crippen molar-refractivity contribution in [3.8, 4) is 0 Å². The Labute approximate surface area is 484 Å². The van der Waals surface area contributed by atoms with Gasteiger partial charge in [0.25, 0.3) is 0 Å². The Balaban J connectivity index is 4.49. The normalized spacial score (nSPS) is 13.5. The number of unbranched alkanes of at least 4 members (excludes halogenated alkanes) is 10. The second-order valence-corrected chi connectivity index (χ2v) is 19.5. The first-order chi connectivity index (χ1) is 39.0. The van der Waals surface area contributed by atoms with Crippen LogP contribution in [-0.4, -0.2) is 37.2 Å². The van der Waals surface area contributed by atoms with Gasteiger partial charge in [0.05, 0.1) is 0 Å². The molecule has 0 N–H and O–H groups in total. The van der Waals surface area contributed by atoms with Crippen LogP contribution in [0.3, 0.4) is 0 Å². The maximum Gasteiger partial charge on any atom is 0.306 e. The summed E-state index contributed by atoms with van der Waals surface area (Å²) in [5, 5.41) is 0. The van der Waals surface area contributed by atoms with Gasteiger partial charge in [-0.25, -0.2) is 0 Å². The lowest BCUT2D eigenvalue weighted by Gasteiger charge is -2.18. The lowest BCUT2D eigenvalue weighted by atomic mass is 10.1.